The fourth-order valence-corrected chi connectivity index (χ4v) is 2.21. The molecular formula is C12H27N. The van der Waals surface area contributed by atoms with Crippen molar-refractivity contribution < 1.29 is 0 Å². The summed E-state index contributed by atoms with van der Waals surface area (Å²) in [6.07, 6.45) is 5.31. The van der Waals surface area contributed by atoms with Crippen LogP contribution in [0.5, 0.6) is 0 Å². The maximum Gasteiger partial charge on any atom is -0.00184 e. The van der Waals surface area contributed by atoms with E-state index in [1.807, 2.05) is 0 Å². The van der Waals surface area contributed by atoms with Crippen LogP contribution < -0.4 is 5.32 Å². The Morgan fingerprint density at radius 2 is 1.77 bits per heavy atom. The van der Waals surface area contributed by atoms with E-state index in [2.05, 4.69) is 40.1 Å². The highest BCUT2D eigenvalue weighted by atomic mass is 14.8. The highest BCUT2D eigenvalue weighted by molar-refractivity contribution is 4.79. The lowest BCUT2D eigenvalue weighted by Crippen LogP contribution is -2.32. The predicted octanol–water partition coefficient (Wildman–Crippen LogP) is 3.45. The average molecular weight is 185 g/mol. The molecule has 13 heavy (non-hydrogen) atoms. The zero-order valence-corrected chi connectivity index (χ0v) is 10.1. The van der Waals surface area contributed by atoms with Gasteiger partial charge in [0, 0.05) is 0 Å². The molecule has 0 aliphatic heterocycles. The summed E-state index contributed by atoms with van der Waals surface area (Å²) in [5, 5.41) is 3.32. The monoisotopic (exact) mass is 185 g/mol. The van der Waals surface area contributed by atoms with Crippen molar-refractivity contribution in [2.45, 2.75) is 53.4 Å². The molecule has 0 rings (SSSR count). The quantitative estimate of drug-likeness (QED) is 0.640. The summed E-state index contributed by atoms with van der Waals surface area (Å²) < 4.78 is 0. The molecule has 0 heterocycles. The standard InChI is InChI=1S/C12H27N/c1-6-8-11(10-13-5)12(3,4)9-7-2/h11,13H,6-10H2,1-5H3. The molecule has 1 nitrogen and oxygen atoms in total. The molecule has 1 unspecified atom stereocenters. The minimum atomic E-state index is 0.508. The zero-order chi connectivity index (χ0) is 10.3. The van der Waals surface area contributed by atoms with Crippen LogP contribution in [-0.4, -0.2) is 13.6 Å². The second kappa shape index (κ2) is 6.42. The van der Waals surface area contributed by atoms with Crippen molar-refractivity contribution in [2.75, 3.05) is 13.6 Å². The Morgan fingerprint density at radius 1 is 1.15 bits per heavy atom. The molecule has 0 radical (unpaired) electrons. The Balaban J connectivity index is 4.13. The van der Waals surface area contributed by atoms with E-state index in [9.17, 15) is 0 Å². The molecule has 0 aromatic carbocycles. The fourth-order valence-electron chi connectivity index (χ4n) is 2.21. The Bertz CT molecular complexity index is 112. The maximum absolute atomic E-state index is 3.32. The molecule has 0 spiro atoms. The van der Waals surface area contributed by atoms with Gasteiger partial charge >= 0.3 is 0 Å². The Morgan fingerprint density at radius 3 is 2.15 bits per heavy atom. The smallest absolute Gasteiger partial charge is 0.00184 e. The second-order valence-corrected chi connectivity index (χ2v) is 4.78. The number of nitrogens with one attached hydrogen (secondary N) is 1. The lowest BCUT2D eigenvalue weighted by Gasteiger charge is -2.34. The summed E-state index contributed by atoms with van der Waals surface area (Å²) in [4.78, 5) is 0. The van der Waals surface area contributed by atoms with Crippen molar-refractivity contribution >= 4 is 0 Å². The second-order valence-electron chi connectivity index (χ2n) is 4.78. The molecule has 0 bridgehead atoms. The Kier molecular flexibility index (Phi) is 6.40. The van der Waals surface area contributed by atoms with E-state index in [1.54, 1.807) is 0 Å². The molecular weight excluding hydrogens is 158 g/mol. The van der Waals surface area contributed by atoms with Gasteiger partial charge < -0.3 is 5.32 Å². The van der Waals surface area contributed by atoms with Crippen LogP contribution in [0.25, 0.3) is 0 Å². The van der Waals surface area contributed by atoms with Gasteiger partial charge in [-0.2, -0.15) is 0 Å². The van der Waals surface area contributed by atoms with Gasteiger partial charge in [0.2, 0.25) is 0 Å². The summed E-state index contributed by atoms with van der Waals surface area (Å²) in [6.45, 7) is 10.6. The molecule has 0 saturated carbocycles. The summed E-state index contributed by atoms with van der Waals surface area (Å²) in [6, 6.07) is 0. The van der Waals surface area contributed by atoms with Crippen molar-refractivity contribution in [3.05, 3.63) is 0 Å². The predicted molar refractivity (Wildman–Crippen MR) is 61.0 cm³/mol. The molecule has 0 aromatic heterocycles. The fraction of sp³-hybridized carbons (Fsp3) is 1.00. The third-order valence-corrected chi connectivity index (χ3v) is 3.09. The van der Waals surface area contributed by atoms with Crippen LogP contribution in [0, 0.1) is 11.3 Å². The molecule has 80 valence electrons. The van der Waals surface area contributed by atoms with Crippen LogP contribution in [0.4, 0.5) is 0 Å². The van der Waals surface area contributed by atoms with Crippen LogP contribution in [0.15, 0.2) is 0 Å². The third kappa shape index (κ3) is 4.66. The van der Waals surface area contributed by atoms with E-state index >= 15 is 0 Å². The summed E-state index contributed by atoms with van der Waals surface area (Å²) in [5.74, 6) is 0.836. The van der Waals surface area contributed by atoms with Gasteiger partial charge in [-0.1, -0.05) is 40.5 Å². The Labute approximate surface area is 84.3 Å². The van der Waals surface area contributed by atoms with Crippen molar-refractivity contribution in [3.63, 3.8) is 0 Å². The molecule has 1 N–H and O–H groups in total. The lowest BCUT2D eigenvalue weighted by molar-refractivity contribution is 0.178. The molecule has 0 aliphatic rings. The van der Waals surface area contributed by atoms with Crippen molar-refractivity contribution in [2.24, 2.45) is 11.3 Å². The highest BCUT2D eigenvalue weighted by Gasteiger charge is 2.26. The highest BCUT2D eigenvalue weighted by Crippen LogP contribution is 2.34. The van der Waals surface area contributed by atoms with Gasteiger partial charge in [0.1, 0.15) is 0 Å². The third-order valence-electron chi connectivity index (χ3n) is 3.09. The molecule has 1 atom stereocenters. The van der Waals surface area contributed by atoms with E-state index in [0.717, 1.165) is 5.92 Å². The topological polar surface area (TPSA) is 12.0 Å². The first-order valence-corrected chi connectivity index (χ1v) is 5.73. The molecule has 0 aliphatic carbocycles. The van der Waals surface area contributed by atoms with E-state index in [0.29, 0.717) is 5.41 Å². The van der Waals surface area contributed by atoms with Gasteiger partial charge in [0.05, 0.1) is 0 Å². The minimum Gasteiger partial charge on any atom is -0.319 e. The van der Waals surface area contributed by atoms with Gasteiger partial charge in [0.15, 0.2) is 0 Å². The average Bonchev–Trinajstić information content (AvgIpc) is 2.04. The van der Waals surface area contributed by atoms with E-state index in [4.69, 9.17) is 0 Å². The van der Waals surface area contributed by atoms with E-state index in [-0.39, 0.29) is 0 Å². The zero-order valence-electron chi connectivity index (χ0n) is 10.1. The largest absolute Gasteiger partial charge is 0.319 e. The number of hydrogen-bond donors (Lipinski definition) is 1. The van der Waals surface area contributed by atoms with Gasteiger partial charge in [0.25, 0.3) is 0 Å². The van der Waals surface area contributed by atoms with Crippen LogP contribution in [-0.2, 0) is 0 Å². The van der Waals surface area contributed by atoms with Crippen LogP contribution >= 0.6 is 0 Å². The first-order valence-electron chi connectivity index (χ1n) is 5.73. The van der Waals surface area contributed by atoms with Crippen LogP contribution in [0.2, 0.25) is 0 Å². The number of hydrogen-bond acceptors (Lipinski definition) is 1. The molecule has 0 aromatic rings. The minimum absolute atomic E-state index is 0.508. The normalized spacial score (nSPS) is 14.5. The molecule has 0 saturated heterocycles. The molecule has 1 heteroatoms. The van der Waals surface area contributed by atoms with Crippen molar-refractivity contribution in [1.29, 1.82) is 0 Å². The summed E-state index contributed by atoms with van der Waals surface area (Å²) >= 11 is 0. The van der Waals surface area contributed by atoms with Crippen molar-refractivity contribution in [1.82, 2.24) is 5.32 Å². The van der Waals surface area contributed by atoms with Gasteiger partial charge in [-0.15, -0.1) is 0 Å². The maximum atomic E-state index is 3.32. The summed E-state index contributed by atoms with van der Waals surface area (Å²) in [5.41, 5.74) is 0.508. The SMILES string of the molecule is CCCC(CNC)C(C)(C)CCC. The van der Waals surface area contributed by atoms with Gasteiger partial charge in [-0.3, -0.25) is 0 Å². The van der Waals surface area contributed by atoms with E-state index < -0.39 is 0 Å². The molecule has 0 amide bonds. The lowest BCUT2D eigenvalue weighted by atomic mass is 9.73. The van der Waals surface area contributed by atoms with Gasteiger partial charge in [-0.05, 0) is 37.8 Å². The number of rotatable bonds is 7. The first kappa shape index (κ1) is 13.0. The van der Waals surface area contributed by atoms with Crippen molar-refractivity contribution in [3.8, 4) is 0 Å². The summed E-state index contributed by atoms with van der Waals surface area (Å²) in [7, 11) is 2.06. The van der Waals surface area contributed by atoms with E-state index in [1.165, 1.54) is 32.2 Å². The van der Waals surface area contributed by atoms with Crippen LogP contribution in [0.1, 0.15) is 53.4 Å². The van der Waals surface area contributed by atoms with Gasteiger partial charge in [-0.25, -0.2) is 0 Å². The molecule has 0 fully saturated rings. The first-order chi connectivity index (χ1) is 6.08. The Hall–Kier alpha value is -0.0400. The van der Waals surface area contributed by atoms with Crippen LogP contribution in [0.3, 0.4) is 0 Å².